The van der Waals surface area contributed by atoms with Crippen LogP contribution in [0, 0.1) is 12.9 Å². The van der Waals surface area contributed by atoms with Gasteiger partial charge >= 0.3 is 0 Å². The van der Waals surface area contributed by atoms with Gasteiger partial charge in [0, 0.05) is 55.0 Å². The van der Waals surface area contributed by atoms with Crippen molar-refractivity contribution < 1.29 is 42.6 Å². The normalized spacial score (nSPS) is 15.8. The van der Waals surface area contributed by atoms with Crippen molar-refractivity contribution in [1.82, 2.24) is 14.5 Å². The first kappa shape index (κ1) is 26.3. The summed E-state index contributed by atoms with van der Waals surface area (Å²) in [6.45, 7) is -6.23. The topological polar surface area (TPSA) is 50.9 Å². The fourth-order valence-electron chi connectivity index (χ4n) is 6.94. The molecule has 5 heteroatoms. The van der Waals surface area contributed by atoms with E-state index in [1.807, 2.05) is 71.3 Å². The summed E-state index contributed by atoms with van der Waals surface area (Å²) in [5.74, 6) is 0.442. The van der Waals surface area contributed by atoms with Crippen molar-refractivity contribution in [2.45, 2.75) is 59.0 Å². The molecule has 0 spiro atoms. The van der Waals surface area contributed by atoms with E-state index < -0.39 is 32.8 Å². The van der Waals surface area contributed by atoms with Gasteiger partial charge in [-0.2, -0.15) is 0 Å². The maximum atomic E-state index is 11.3. The third kappa shape index (κ3) is 7.51. The van der Waals surface area contributed by atoms with E-state index in [9.17, 15) is 5.11 Å². The van der Waals surface area contributed by atoms with E-state index >= 15 is 0 Å². The second kappa shape index (κ2) is 15.2. The van der Waals surface area contributed by atoms with Gasteiger partial charge in [-0.25, -0.2) is 4.98 Å². The zero-order valence-corrected chi connectivity index (χ0v) is 33.2. The summed E-state index contributed by atoms with van der Waals surface area (Å²) in [6.07, 6.45) is 1.62. The number of aromatic nitrogens is 3. The van der Waals surface area contributed by atoms with Gasteiger partial charge in [-0.15, -0.1) is 29.3 Å². The summed E-state index contributed by atoms with van der Waals surface area (Å²) in [4.78, 5) is 10.0. The predicted molar refractivity (Wildman–Crippen MR) is 229 cm³/mol. The first-order valence-corrected chi connectivity index (χ1v) is 18.0. The smallest absolute Gasteiger partial charge is 0.148 e. The molecular formula is C51H46N3OPt-. The summed E-state index contributed by atoms with van der Waals surface area (Å²) in [7, 11) is 0. The van der Waals surface area contributed by atoms with Gasteiger partial charge in [0.2, 0.25) is 0 Å². The molecule has 4 nitrogen and oxygen atoms in total. The number of para-hydroxylation sites is 2. The van der Waals surface area contributed by atoms with Crippen LogP contribution in [0.4, 0.5) is 0 Å². The van der Waals surface area contributed by atoms with E-state index in [1.54, 1.807) is 48.7 Å². The van der Waals surface area contributed by atoms with Gasteiger partial charge in [0.15, 0.2) is 0 Å². The first-order chi connectivity index (χ1) is 31.3. The van der Waals surface area contributed by atoms with Crippen molar-refractivity contribution >= 4 is 11.0 Å². The molecule has 0 aliphatic carbocycles. The van der Waals surface area contributed by atoms with Gasteiger partial charge in [-0.05, 0) is 76.3 Å². The molecule has 0 fully saturated rings. The molecule has 0 atom stereocenters. The maximum absolute atomic E-state index is 11.3. The molecule has 0 bridgehead atoms. The molecule has 8 aromatic rings. The van der Waals surface area contributed by atoms with Crippen molar-refractivity contribution in [2.75, 3.05) is 0 Å². The zero-order valence-electron chi connectivity index (χ0n) is 43.0. The van der Waals surface area contributed by atoms with E-state index in [1.165, 1.54) is 24.3 Å². The van der Waals surface area contributed by atoms with Gasteiger partial charge in [0.05, 0.1) is 22.3 Å². The van der Waals surface area contributed by atoms with Crippen molar-refractivity contribution in [3.05, 3.63) is 168 Å². The van der Waals surface area contributed by atoms with E-state index in [0.29, 0.717) is 61.6 Å². The molecule has 0 saturated carbocycles. The Morgan fingerprint density at radius 2 is 1.36 bits per heavy atom. The molecule has 0 radical (unpaired) electrons. The molecule has 0 saturated heterocycles. The largest absolute Gasteiger partial charge is 0.507 e. The molecule has 0 aliphatic heterocycles. The first-order valence-electron chi connectivity index (χ1n) is 24.0. The van der Waals surface area contributed by atoms with Crippen LogP contribution in [0.3, 0.4) is 0 Å². The van der Waals surface area contributed by atoms with Crippen molar-refractivity contribution in [1.29, 1.82) is 0 Å². The molecule has 56 heavy (non-hydrogen) atoms. The second-order valence-corrected chi connectivity index (χ2v) is 14.8. The molecule has 2 heterocycles. The number of hydrogen-bond donors (Lipinski definition) is 1. The van der Waals surface area contributed by atoms with Gasteiger partial charge in [0.25, 0.3) is 0 Å². The molecule has 1 N–H and O–H groups in total. The Labute approximate surface area is 362 Å². The number of nitrogens with zero attached hydrogens (tertiary/aromatic N) is 3. The summed E-state index contributed by atoms with van der Waals surface area (Å²) < 4.78 is 100.0. The molecule has 0 amide bonds. The Kier molecular flexibility index (Phi) is 7.13. The summed E-state index contributed by atoms with van der Waals surface area (Å²) in [5.41, 5.74) is 5.04. The van der Waals surface area contributed by atoms with Gasteiger partial charge in [0.1, 0.15) is 11.6 Å². The average molecular weight is 924 g/mol. The molecule has 2 aromatic heterocycles. The summed E-state index contributed by atoms with van der Waals surface area (Å²) in [6, 6.07) is 44.2. The number of aromatic hydroxyl groups is 1. The van der Waals surface area contributed by atoms with Crippen LogP contribution in [0.1, 0.15) is 74.5 Å². The van der Waals surface area contributed by atoms with E-state index in [4.69, 9.17) is 26.4 Å². The van der Waals surface area contributed by atoms with Crippen molar-refractivity contribution in [3.63, 3.8) is 0 Å². The Hall–Kier alpha value is -5.57. The van der Waals surface area contributed by atoms with Gasteiger partial charge in [-0.3, -0.25) is 9.55 Å². The van der Waals surface area contributed by atoms with Crippen LogP contribution in [0.2, 0.25) is 0 Å². The van der Waals surface area contributed by atoms with Crippen molar-refractivity contribution in [3.8, 4) is 67.5 Å². The van der Waals surface area contributed by atoms with Crippen LogP contribution in [0.25, 0.3) is 72.7 Å². The number of phenols is 1. The number of phenolic OH excluding ortho intramolecular Hbond substituents is 1. The Morgan fingerprint density at radius 1 is 0.625 bits per heavy atom. The summed E-state index contributed by atoms with van der Waals surface area (Å²) >= 11 is 0. The van der Waals surface area contributed by atoms with E-state index in [0.717, 1.165) is 16.7 Å². The number of pyridine rings is 1. The van der Waals surface area contributed by atoms with Crippen LogP contribution in [-0.4, -0.2) is 19.6 Å². The Balaban J connectivity index is 0.00000684. The monoisotopic (exact) mass is 923 g/mol. The SMILES string of the molecule is [2H]C([2H])([2H])c1ccc(-n2c(-c3ccccc3O)nc3c(-c4[c-]c(-c5cc(-c6ccc(C(C([2H])([2H])[2H])(C([2H])([2H])[2H])C([2H])([2H])[2H])cc6)ccn5)cc(C(C)(C)C)c4)cccc32)c(-c2ccccc2)c1.[Pt]. The number of hydrogen-bond acceptors (Lipinski definition) is 3. The third-order valence-electron chi connectivity index (χ3n) is 9.86. The zero-order chi connectivity index (χ0) is 48.5. The number of fused-ring (bicyclic) bond motifs is 1. The van der Waals surface area contributed by atoms with Crippen molar-refractivity contribution in [2.24, 2.45) is 0 Å². The number of aryl methyl sites for hydroxylation is 1. The average Bonchev–Trinajstić information content (AvgIpc) is 3.64. The quantitative estimate of drug-likeness (QED) is 0.169. The minimum atomic E-state index is -3.38. The Morgan fingerprint density at radius 3 is 2.09 bits per heavy atom. The van der Waals surface area contributed by atoms with Crippen LogP contribution in [0.15, 0.2) is 146 Å². The van der Waals surface area contributed by atoms with Gasteiger partial charge in [-0.1, -0.05) is 149 Å². The Bertz CT molecular complexity index is 3090. The second-order valence-electron chi connectivity index (χ2n) is 14.8. The van der Waals surface area contributed by atoms with E-state index in [-0.39, 0.29) is 43.4 Å². The van der Waals surface area contributed by atoms with Crippen LogP contribution >= 0.6 is 0 Å². The third-order valence-corrected chi connectivity index (χ3v) is 9.86. The van der Waals surface area contributed by atoms with Crippen LogP contribution in [0.5, 0.6) is 5.75 Å². The minimum Gasteiger partial charge on any atom is -0.507 e. The molecule has 0 unspecified atom stereocenters. The molecule has 8 rings (SSSR count). The molecule has 282 valence electrons. The standard InChI is InChI=1S/C51H46N3O.Pt/c1-33-20-25-45(43(28-33)35-14-9-8-10-15-35)54-46-18-13-17-41(48(46)53-49(54)42-16-11-12-19-47(42)55)37-29-38(31-40(30-37)51(5,6)7)44-32-36(26-27-52-44)34-21-23-39(24-22-34)50(2,3)4;/h8-28,30-32,55H,1-7H3;/q-1;/i1D3,2D3,3D3,4D3;. The molecule has 0 aliphatic rings. The van der Waals surface area contributed by atoms with Gasteiger partial charge < -0.3 is 5.11 Å². The number of benzene rings is 6. The number of rotatable bonds is 6. The fourth-order valence-corrected chi connectivity index (χ4v) is 6.94. The maximum Gasteiger partial charge on any atom is 0.148 e. The summed E-state index contributed by atoms with van der Waals surface area (Å²) in [5, 5.41) is 11.3. The fraction of sp³-hybridized carbons (Fsp3) is 0.176. The number of imidazole rings is 1. The van der Waals surface area contributed by atoms with Crippen LogP contribution in [-0.2, 0) is 31.9 Å². The predicted octanol–water partition coefficient (Wildman–Crippen LogP) is 13.2. The molecule has 6 aromatic carbocycles. The van der Waals surface area contributed by atoms with Crippen LogP contribution < -0.4 is 0 Å². The minimum absolute atomic E-state index is 0. The molecular weight excluding hydrogens is 866 g/mol. The van der Waals surface area contributed by atoms with E-state index in [2.05, 4.69) is 32.9 Å².